The fourth-order valence-corrected chi connectivity index (χ4v) is 2.46. The van der Waals surface area contributed by atoms with Gasteiger partial charge in [0.2, 0.25) is 0 Å². The van der Waals surface area contributed by atoms with Crippen molar-refractivity contribution in [2.45, 2.75) is 26.2 Å². The molecule has 3 heteroatoms. The SMILES string of the molecule is CC(C)(C)c1cc(-c2ccncc2)c(-c2ccc(F)cc2)[nH]1. The van der Waals surface area contributed by atoms with Crippen LogP contribution in [-0.2, 0) is 5.41 Å². The lowest BCUT2D eigenvalue weighted by Gasteiger charge is -2.16. The summed E-state index contributed by atoms with van der Waals surface area (Å²) in [5.74, 6) is -0.225. The largest absolute Gasteiger partial charge is 0.357 e. The third-order valence-electron chi connectivity index (χ3n) is 3.75. The van der Waals surface area contributed by atoms with E-state index >= 15 is 0 Å². The summed E-state index contributed by atoms with van der Waals surface area (Å²) in [5, 5.41) is 0. The molecule has 0 saturated heterocycles. The van der Waals surface area contributed by atoms with Crippen LogP contribution in [-0.4, -0.2) is 9.97 Å². The highest BCUT2D eigenvalue weighted by Crippen LogP contribution is 2.35. The molecule has 0 aliphatic rings. The molecule has 3 aromatic rings. The average molecular weight is 294 g/mol. The summed E-state index contributed by atoms with van der Waals surface area (Å²) < 4.78 is 13.2. The molecule has 0 bridgehead atoms. The lowest BCUT2D eigenvalue weighted by molar-refractivity contribution is 0.573. The number of hydrogen-bond acceptors (Lipinski definition) is 1. The van der Waals surface area contributed by atoms with Crippen LogP contribution in [0.5, 0.6) is 0 Å². The molecule has 0 radical (unpaired) electrons. The number of aromatic nitrogens is 2. The first-order chi connectivity index (χ1) is 10.4. The van der Waals surface area contributed by atoms with Gasteiger partial charge in [-0.25, -0.2) is 4.39 Å². The van der Waals surface area contributed by atoms with Gasteiger partial charge in [-0.05, 0) is 53.6 Å². The highest BCUT2D eigenvalue weighted by molar-refractivity contribution is 5.82. The van der Waals surface area contributed by atoms with Gasteiger partial charge in [-0.2, -0.15) is 0 Å². The van der Waals surface area contributed by atoms with E-state index in [1.54, 1.807) is 24.5 Å². The molecule has 0 spiro atoms. The van der Waals surface area contributed by atoms with Gasteiger partial charge in [0, 0.05) is 29.1 Å². The maximum atomic E-state index is 13.2. The predicted molar refractivity (Wildman–Crippen MR) is 88.1 cm³/mol. The van der Waals surface area contributed by atoms with E-state index in [0.717, 1.165) is 28.1 Å². The molecule has 2 heterocycles. The fraction of sp³-hybridized carbons (Fsp3) is 0.211. The summed E-state index contributed by atoms with van der Waals surface area (Å²) in [4.78, 5) is 7.59. The van der Waals surface area contributed by atoms with Crippen LogP contribution >= 0.6 is 0 Å². The molecule has 0 amide bonds. The van der Waals surface area contributed by atoms with Crippen LogP contribution in [0.1, 0.15) is 26.5 Å². The molecule has 0 aliphatic heterocycles. The first-order valence-electron chi connectivity index (χ1n) is 7.35. The minimum Gasteiger partial charge on any atom is -0.357 e. The molecule has 0 saturated carbocycles. The number of hydrogen-bond donors (Lipinski definition) is 1. The molecule has 22 heavy (non-hydrogen) atoms. The van der Waals surface area contributed by atoms with Crippen molar-refractivity contribution >= 4 is 0 Å². The Kier molecular flexibility index (Phi) is 3.57. The van der Waals surface area contributed by atoms with Crippen molar-refractivity contribution in [1.29, 1.82) is 0 Å². The normalized spacial score (nSPS) is 11.6. The molecule has 0 fully saturated rings. The summed E-state index contributed by atoms with van der Waals surface area (Å²) >= 11 is 0. The maximum absolute atomic E-state index is 13.2. The number of H-pyrrole nitrogens is 1. The summed E-state index contributed by atoms with van der Waals surface area (Å²) in [7, 11) is 0. The van der Waals surface area contributed by atoms with E-state index in [9.17, 15) is 4.39 Å². The number of halogens is 1. The lowest BCUT2D eigenvalue weighted by atomic mass is 9.92. The summed E-state index contributed by atoms with van der Waals surface area (Å²) in [6, 6.07) is 12.7. The Balaban J connectivity index is 2.19. The van der Waals surface area contributed by atoms with Gasteiger partial charge in [-0.3, -0.25) is 4.98 Å². The van der Waals surface area contributed by atoms with Gasteiger partial charge in [0.1, 0.15) is 5.82 Å². The van der Waals surface area contributed by atoms with Crippen LogP contribution in [0.4, 0.5) is 4.39 Å². The monoisotopic (exact) mass is 294 g/mol. The minimum absolute atomic E-state index is 0.0139. The van der Waals surface area contributed by atoms with E-state index in [2.05, 4.69) is 36.8 Å². The highest BCUT2D eigenvalue weighted by atomic mass is 19.1. The fourth-order valence-electron chi connectivity index (χ4n) is 2.46. The molecule has 2 aromatic heterocycles. The summed E-state index contributed by atoms with van der Waals surface area (Å²) in [6.45, 7) is 6.51. The number of pyridine rings is 1. The van der Waals surface area contributed by atoms with Gasteiger partial charge in [-0.1, -0.05) is 20.8 Å². The van der Waals surface area contributed by atoms with Crippen LogP contribution in [0, 0.1) is 5.82 Å². The molecule has 2 nitrogen and oxygen atoms in total. The van der Waals surface area contributed by atoms with E-state index in [4.69, 9.17) is 0 Å². The Morgan fingerprint density at radius 1 is 0.909 bits per heavy atom. The molecule has 112 valence electrons. The Labute approximate surface area is 130 Å². The molecule has 0 unspecified atom stereocenters. The number of nitrogens with one attached hydrogen (secondary N) is 1. The second-order valence-electron chi connectivity index (χ2n) is 6.46. The van der Waals surface area contributed by atoms with Crippen LogP contribution in [0.2, 0.25) is 0 Å². The Morgan fingerprint density at radius 2 is 1.55 bits per heavy atom. The zero-order valence-corrected chi connectivity index (χ0v) is 13.0. The van der Waals surface area contributed by atoms with Crippen LogP contribution in [0.25, 0.3) is 22.4 Å². The van der Waals surface area contributed by atoms with Gasteiger partial charge in [0.15, 0.2) is 0 Å². The second-order valence-corrected chi connectivity index (χ2v) is 6.46. The molecular formula is C19H19FN2. The van der Waals surface area contributed by atoms with Gasteiger partial charge in [-0.15, -0.1) is 0 Å². The van der Waals surface area contributed by atoms with E-state index in [-0.39, 0.29) is 11.2 Å². The Hall–Kier alpha value is -2.42. The van der Waals surface area contributed by atoms with E-state index in [1.807, 2.05) is 12.1 Å². The van der Waals surface area contributed by atoms with Crippen LogP contribution in [0.15, 0.2) is 54.9 Å². The van der Waals surface area contributed by atoms with Crippen molar-refractivity contribution in [1.82, 2.24) is 9.97 Å². The Morgan fingerprint density at radius 3 is 2.14 bits per heavy atom. The van der Waals surface area contributed by atoms with Crippen molar-refractivity contribution < 1.29 is 4.39 Å². The number of aromatic amines is 1. The predicted octanol–water partition coefficient (Wildman–Crippen LogP) is 5.18. The first-order valence-corrected chi connectivity index (χ1v) is 7.35. The summed E-state index contributed by atoms with van der Waals surface area (Å²) in [5.41, 5.74) is 5.36. The Bertz CT molecular complexity index is 765. The third kappa shape index (κ3) is 2.80. The third-order valence-corrected chi connectivity index (χ3v) is 3.75. The molecule has 3 rings (SSSR count). The van der Waals surface area contributed by atoms with Crippen molar-refractivity contribution in [2.75, 3.05) is 0 Å². The second kappa shape index (κ2) is 5.41. The van der Waals surface area contributed by atoms with Crippen LogP contribution in [0.3, 0.4) is 0 Å². The molecular weight excluding hydrogens is 275 g/mol. The van der Waals surface area contributed by atoms with Gasteiger partial charge >= 0.3 is 0 Å². The average Bonchev–Trinajstić information content (AvgIpc) is 2.94. The van der Waals surface area contributed by atoms with E-state index < -0.39 is 0 Å². The van der Waals surface area contributed by atoms with Gasteiger partial charge in [0.05, 0.1) is 5.69 Å². The minimum atomic E-state index is -0.225. The number of rotatable bonds is 2. The number of benzene rings is 1. The molecule has 0 atom stereocenters. The maximum Gasteiger partial charge on any atom is 0.123 e. The smallest absolute Gasteiger partial charge is 0.123 e. The molecule has 1 aromatic carbocycles. The quantitative estimate of drug-likeness (QED) is 0.693. The van der Waals surface area contributed by atoms with Crippen molar-refractivity contribution in [3.05, 3.63) is 66.4 Å². The molecule has 1 N–H and O–H groups in total. The van der Waals surface area contributed by atoms with Crippen molar-refractivity contribution in [3.8, 4) is 22.4 Å². The number of nitrogens with zero attached hydrogens (tertiary/aromatic N) is 1. The molecule has 0 aliphatic carbocycles. The van der Waals surface area contributed by atoms with E-state index in [1.165, 1.54) is 12.1 Å². The van der Waals surface area contributed by atoms with E-state index in [0.29, 0.717) is 0 Å². The zero-order chi connectivity index (χ0) is 15.7. The standard InChI is InChI=1S/C19H19FN2/c1-19(2,3)17-12-16(13-8-10-21-11-9-13)18(22-17)14-4-6-15(20)7-5-14/h4-12,22H,1-3H3. The topological polar surface area (TPSA) is 28.7 Å². The van der Waals surface area contributed by atoms with Crippen LogP contribution < -0.4 is 0 Å². The van der Waals surface area contributed by atoms with Gasteiger partial charge in [0.25, 0.3) is 0 Å². The zero-order valence-electron chi connectivity index (χ0n) is 13.0. The van der Waals surface area contributed by atoms with Crippen molar-refractivity contribution in [2.24, 2.45) is 0 Å². The first kappa shape index (κ1) is 14.5. The van der Waals surface area contributed by atoms with Crippen molar-refractivity contribution in [3.63, 3.8) is 0 Å². The lowest BCUT2D eigenvalue weighted by Crippen LogP contribution is -2.11. The highest BCUT2D eigenvalue weighted by Gasteiger charge is 2.20. The van der Waals surface area contributed by atoms with Gasteiger partial charge < -0.3 is 4.98 Å². The summed E-state index contributed by atoms with van der Waals surface area (Å²) in [6.07, 6.45) is 3.57.